The lowest BCUT2D eigenvalue weighted by molar-refractivity contribution is -0.139. The number of carbonyl (C=O) groups is 1. The molecule has 3 nitrogen and oxygen atoms in total. The third-order valence-electron chi connectivity index (χ3n) is 4.12. The molecule has 0 saturated carbocycles. The second-order valence-corrected chi connectivity index (χ2v) is 6.71. The summed E-state index contributed by atoms with van der Waals surface area (Å²) in [7, 11) is 0. The van der Waals surface area contributed by atoms with E-state index in [9.17, 15) is 23.1 Å². The average molecular weight is 380 g/mol. The predicted octanol–water partition coefficient (Wildman–Crippen LogP) is 6.13. The normalized spacial score (nSPS) is 12.9. The lowest BCUT2D eigenvalue weighted by atomic mass is 9.91. The van der Waals surface area contributed by atoms with Crippen LogP contribution in [0.5, 0.6) is 5.75 Å². The van der Waals surface area contributed by atoms with Gasteiger partial charge in [0.25, 0.3) is 0 Å². The fourth-order valence-electron chi connectivity index (χ4n) is 2.90. The maximum atomic E-state index is 12.8. The SMILES string of the molecule is CCCC(C(=O)O)c1cc(OC(C)C)cc(-c2ccc(C(F)(F)F)cc2)c1. The van der Waals surface area contributed by atoms with Crippen LogP contribution in [-0.4, -0.2) is 17.2 Å². The highest BCUT2D eigenvalue weighted by Gasteiger charge is 2.30. The first-order valence-corrected chi connectivity index (χ1v) is 8.84. The van der Waals surface area contributed by atoms with Crippen LogP contribution in [0.25, 0.3) is 11.1 Å². The Morgan fingerprint density at radius 1 is 1.07 bits per heavy atom. The zero-order valence-electron chi connectivity index (χ0n) is 15.5. The van der Waals surface area contributed by atoms with Gasteiger partial charge in [0.15, 0.2) is 0 Å². The number of benzene rings is 2. The average Bonchev–Trinajstić information content (AvgIpc) is 2.58. The molecule has 0 aromatic heterocycles. The van der Waals surface area contributed by atoms with Crippen molar-refractivity contribution < 1.29 is 27.8 Å². The molecule has 1 atom stereocenters. The van der Waals surface area contributed by atoms with Crippen molar-refractivity contribution >= 4 is 5.97 Å². The number of halogens is 3. The Hall–Kier alpha value is -2.50. The zero-order valence-corrected chi connectivity index (χ0v) is 15.5. The fraction of sp³-hybridized carbons (Fsp3) is 0.381. The van der Waals surface area contributed by atoms with Crippen LogP contribution in [0.15, 0.2) is 42.5 Å². The van der Waals surface area contributed by atoms with Crippen LogP contribution in [0.2, 0.25) is 0 Å². The zero-order chi connectivity index (χ0) is 20.2. The molecule has 27 heavy (non-hydrogen) atoms. The van der Waals surface area contributed by atoms with Crippen LogP contribution in [0.1, 0.15) is 50.7 Å². The van der Waals surface area contributed by atoms with Gasteiger partial charge in [-0.25, -0.2) is 0 Å². The molecule has 1 N–H and O–H groups in total. The van der Waals surface area contributed by atoms with Gasteiger partial charge in [0, 0.05) is 0 Å². The van der Waals surface area contributed by atoms with E-state index in [0.29, 0.717) is 35.3 Å². The molecule has 2 aromatic rings. The van der Waals surface area contributed by atoms with E-state index in [1.165, 1.54) is 12.1 Å². The van der Waals surface area contributed by atoms with Gasteiger partial charge >= 0.3 is 12.1 Å². The molecule has 2 aromatic carbocycles. The highest BCUT2D eigenvalue weighted by Crippen LogP contribution is 2.34. The van der Waals surface area contributed by atoms with Gasteiger partial charge in [-0.3, -0.25) is 4.79 Å². The largest absolute Gasteiger partial charge is 0.491 e. The first-order chi connectivity index (χ1) is 12.6. The summed E-state index contributed by atoms with van der Waals surface area (Å²) in [6.07, 6.45) is -3.36. The van der Waals surface area contributed by atoms with Crippen molar-refractivity contribution in [3.8, 4) is 16.9 Å². The van der Waals surface area contributed by atoms with Crippen molar-refractivity contribution in [3.63, 3.8) is 0 Å². The molecular formula is C21H23F3O3. The summed E-state index contributed by atoms with van der Waals surface area (Å²) >= 11 is 0. The van der Waals surface area contributed by atoms with Crippen molar-refractivity contribution in [2.24, 2.45) is 0 Å². The van der Waals surface area contributed by atoms with Gasteiger partial charge < -0.3 is 9.84 Å². The van der Waals surface area contributed by atoms with Crippen LogP contribution in [-0.2, 0) is 11.0 Å². The maximum Gasteiger partial charge on any atom is 0.416 e. The van der Waals surface area contributed by atoms with Gasteiger partial charge in [-0.1, -0.05) is 31.5 Å². The van der Waals surface area contributed by atoms with Crippen molar-refractivity contribution in [1.82, 2.24) is 0 Å². The molecule has 0 spiro atoms. The summed E-state index contributed by atoms with van der Waals surface area (Å²) in [4.78, 5) is 11.7. The molecule has 6 heteroatoms. The van der Waals surface area contributed by atoms with Crippen LogP contribution < -0.4 is 4.74 Å². The quantitative estimate of drug-likeness (QED) is 0.629. The lowest BCUT2D eigenvalue weighted by Crippen LogP contribution is -2.12. The minimum Gasteiger partial charge on any atom is -0.491 e. The molecular weight excluding hydrogens is 357 g/mol. The van der Waals surface area contributed by atoms with Crippen molar-refractivity contribution in [2.75, 3.05) is 0 Å². The molecule has 0 bridgehead atoms. The smallest absolute Gasteiger partial charge is 0.416 e. The number of rotatable bonds is 7. The molecule has 0 aliphatic heterocycles. The van der Waals surface area contributed by atoms with E-state index < -0.39 is 23.6 Å². The van der Waals surface area contributed by atoms with Crippen LogP contribution in [0, 0.1) is 0 Å². The third kappa shape index (κ3) is 5.49. The van der Waals surface area contributed by atoms with Crippen molar-refractivity contribution in [2.45, 2.75) is 51.8 Å². The number of carboxylic acids is 1. The summed E-state index contributed by atoms with van der Waals surface area (Å²) in [6.45, 7) is 5.61. The van der Waals surface area contributed by atoms with Crippen molar-refractivity contribution in [3.05, 3.63) is 53.6 Å². The number of aliphatic carboxylic acids is 1. The van der Waals surface area contributed by atoms with Crippen LogP contribution >= 0.6 is 0 Å². The fourth-order valence-corrected chi connectivity index (χ4v) is 2.90. The first-order valence-electron chi connectivity index (χ1n) is 8.84. The number of hydrogen-bond acceptors (Lipinski definition) is 2. The standard InChI is InChI=1S/C21H23F3O3/c1-4-5-19(20(25)26)16-10-15(11-18(12-16)27-13(2)3)14-6-8-17(9-7-14)21(22,23)24/h6-13,19H,4-5H2,1-3H3,(H,25,26). The summed E-state index contributed by atoms with van der Waals surface area (Å²) in [5, 5.41) is 9.55. The third-order valence-corrected chi connectivity index (χ3v) is 4.12. The lowest BCUT2D eigenvalue weighted by Gasteiger charge is -2.17. The second-order valence-electron chi connectivity index (χ2n) is 6.71. The Bertz CT molecular complexity index is 780. The molecule has 0 aliphatic rings. The monoisotopic (exact) mass is 380 g/mol. The Morgan fingerprint density at radius 2 is 1.70 bits per heavy atom. The van der Waals surface area contributed by atoms with Crippen molar-refractivity contribution in [1.29, 1.82) is 0 Å². The highest BCUT2D eigenvalue weighted by atomic mass is 19.4. The minimum atomic E-state index is -4.40. The number of ether oxygens (including phenoxy) is 1. The molecule has 146 valence electrons. The number of alkyl halides is 3. The molecule has 2 rings (SSSR count). The molecule has 0 amide bonds. The Kier molecular flexibility index (Phi) is 6.52. The molecule has 0 aliphatic carbocycles. The second kappa shape index (κ2) is 8.46. The topological polar surface area (TPSA) is 46.5 Å². The highest BCUT2D eigenvalue weighted by molar-refractivity contribution is 5.78. The van der Waals surface area contributed by atoms with E-state index in [2.05, 4.69) is 0 Å². The van der Waals surface area contributed by atoms with Gasteiger partial charge in [0.05, 0.1) is 17.6 Å². The van der Waals surface area contributed by atoms with Gasteiger partial charge in [-0.05, 0) is 61.2 Å². The molecule has 0 heterocycles. The summed E-state index contributed by atoms with van der Waals surface area (Å²) in [6, 6.07) is 9.94. The van der Waals surface area contributed by atoms with E-state index in [1.807, 2.05) is 20.8 Å². The Labute approximate surface area is 156 Å². The van der Waals surface area contributed by atoms with Crippen LogP contribution in [0.3, 0.4) is 0 Å². The summed E-state index contributed by atoms with van der Waals surface area (Å²) in [5.41, 5.74) is 1.05. The molecule has 0 radical (unpaired) electrons. The van der Waals surface area contributed by atoms with Gasteiger partial charge in [0.2, 0.25) is 0 Å². The van der Waals surface area contributed by atoms with E-state index in [1.54, 1.807) is 18.2 Å². The van der Waals surface area contributed by atoms with E-state index in [-0.39, 0.29) is 6.10 Å². The maximum absolute atomic E-state index is 12.8. The Balaban J connectivity index is 2.51. The first kappa shape index (κ1) is 20.8. The van der Waals surface area contributed by atoms with Gasteiger partial charge in [0.1, 0.15) is 5.75 Å². The summed E-state index contributed by atoms with van der Waals surface area (Å²) in [5.74, 6) is -1.13. The molecule has 0 fully saturated rings. The summed E-state index contributed by atoms with van der Waals surface area (Å²) < 4.78 is 44.1. The van der Waals surface area contributed by atoms with E-state index >= 15 is 0 Å². The van der Waals surface area contributed by atoms with Gasteiger partial charge in [-0.15, -0.1) is 0 Å². The van der Waals surface area contributed by atoms with Gasteiger partial charge in [-0.2, -0.15) is 13.2 Å². The number of hydrogen-bond donors (Lipinski definition) is 1. The number of carboxylic acid groups (broad SMARTS) is 1. The van der Waals surface area contributed by atoms with E-state index in [0.717, 1.165) is 12.1 Å². The van der Waals surface area contributed by atoms with Crippen LogP contribution in [0.4, 0.5) is 13.2 Å². The molecule has 1 unspecified atom stereocenters. The Morgan fingerprint density at radius 3 is 2.19 bits per heavy atom. The molecule has 0 saturated heterocycles. The predicted molar refractivity (Wildman–Crippen MR) is 97.9 cm³/mol. The van der Waals surface area contributed by atoms with E-state index in [4.69, 9.17) is 4.74 Å². The minimum absolute atomic E-state index is 0.116.